The van der Waals surface area contributed by atoms with Gasteiger partial charge in [0.1, 0.15) is 10.7 Å². The highest BCUT2D eigenvalue weighted by Crippen LogP contribution is 2.32. The highest BCUT2D eigenvalue weighted by Gasteiger charge is 2.30. The van der Waals surface area contributed by atoms with Gasteiger partial charge in [-0.2, -0.15) is 4.31 Å². The number of aromatic nitrogens is 1. The number of non-ortho nitro benzene ring substituents is 1. The van der Waals surface area contributed by atoms with Gasteiger partial charge in [0.25, 0.3) is 5.69 Å². The Bertz CT molecular complexity index is 1030. The number of pyridine rings is 1. The van der Waals surface area contributed by atoms with Crippen molar-refractivity contribution in [1.82, 2.24) is 9.29 Å². The first-order valence-electron chi connectivity index (χ1n) is 10.3. The fraction of sp³-hybridized carbons (Fsp3) is 0.450. The van der Waals surface area contributed by atoms with E-state index in [2.05, 4.69) is 15.2 Å². The van der Waals surface area contributed by atoms with Gasteiger partial charge in [0.05, 0.1) is 35.7 Å². The van der Waals surface area contributed by atoms with Gasteiger partial charge in [0, 0.05) is 38.3 Å². The van der Waals surface area contributed by atoms with Crippen molar-refractivity contribution < 1.29 is 18.1 Å². The number of nitrogens with zero attached hydrogens (tertiary/aromatic N) is 4. The van der Waals surface area contributed by atoms with Crippen LogP contribution in [0.5, 0.6) is 0 Å². The van der Waals surface area contributed by atoms with E-state index in [0.717, 1.165) is 37.8 Å². The molecule has 2 fully saturated rings. The van der Waals surface area contributed by atoms with Crippen molar-refractivity contribution in [3.05, 3.63) is 46.6 Å². The number of benzene rings is 1. The van der Waals surface area contributed by atoms with E-state index in [0.29, 0.717) is 18.9 Å². The highest BCUT2D eigenvalue weighted by atomic mass is 32.2. The van der Waals surface area contributed by atoms with Crippen LogP contribution < -0.4 is 10.2 Å². The lowest BCUT2D eigenvalue weighted by atomic mass is 10.1. The van der Waals surface area contributed by atoms with Crippen LogP contribution in [0.1, 0.15) is 19.3 Å². The molecule has 3 heterocycles. The Labute approximate surface area is 181 Å². The number of hydrogen-bond acceptors (Lipinski definition) is 8. The van der Waals surface area contributed by atoms with Crippen molar-refractivity contribution in [2.45, 2.75) is 24.2 Å². The molecule has 0 unspecified atom stereocenters. The maximum absolute atomic E-state index is 13.2. The number of hydrogen-bond donors (Lipinski definition) is 1. The normalized spacial score (nSPS) is 18.0. The molecule has 2 aliphatic rings. The molecular weight excluding hydrogens is 422 g/mol. The van der Waals surface area contributed by atoms with Crippen LogP contribution >= 0.6 is 0 Å². The van der Waals surface area contributed by atoms with Gasteiger partial charge in [0.2, 0.25) is 10.0 Å². The van der Waals surface area contributed by atoms with E-state index in [1.165, 1.54) is 22.9 Å². The van der Waals surface area contributed by atoms with Crippen molar-refractivity contribution >= 4 is 32.9 Å². The Balaban J connectivity index is 1.62. The Morgan fingerprint density at radius 3 is 2.42 bits per heavy atom. The average Bonchev–Trinajstić information content (AvgIpc) is 2.81. The first-order valence-corrected chi connectivity index (χ1v) is 11.7. The number of rotatable bonds is 6. The lowest BCUT2D eigenvalue weighted by Gasteiger charge is -2.28. The smallest absolute Gasteiger partial charge is 0.270 e. The number of anilines is 3. The third-order valence-corrected chi connectivity index (χ3v) is 7.41. The monoisotopic (exact) mass is 447 g/mol. The Hall–Kier alpha value is -2.76. The zero-order chi connectivity index (χ0) is 21.8. The fourth-order valence-corrected chi connectivity index (χ4v) is 5.37. The van der Waals surface area contributed by atoms with Crippen LogP contribution in [0, 0.1) is 10.1 Å². The zero-order valence-electron chi connectivity index (χ0n) is 17.1. The molecule has 2 aromatic rings. The van der Waals surface area contributed by atoms with Gasteiger partial charge in [-0.1, -0.05) is 0 Å². The van der Waals surface area contributed by atoms with Gasteiger partial charge >= 0.3 is 0 Å². The molecule has 11 heteroatoms. The third-order valence-electron chi connectivity index (χ3n) is 5.47. The van der Waals surface area contributed by atoms with Crippen molar-refractivity contribution in [3.8, 4) is 0 Å². The minimum absolute atomic E-state index is 0.135. The lowest BCUT2D eigenvalue weighted by molar-refractivity contribution is -0.385. The number of piperidine rings is 1. The maximum atomic E-state index is 13.2. The van der Waals surface area contributed by atoms with Gasteiger partial charge in [-0.25, -0.2) is 13.4 Å². The number of nitrogens with one attached hydrogen (secondary N) is 1. The fourth-order valence-electron chi connectivity index (χ4n) is 3.79. The van der Waals surface area contributed by atoms with Crippen LogP contribution in [0.2, 0.25) is 0 Å². The lowest BCUT2D eigenvalue weighted by Crippen LogP contribution is -2.40. The summed E-state index contributed by atoms with van der Waals surface area (Å²) in [5, 5.41) is 14.3. The molecule has 0 bridgehead atoms. The summed E-state index contributed by atoms with van der Waals surface area (Å²) in [5.41, 5.74) is 0.591. The number of sulfonamides is 1. The summed E-state index contributed by atoms with van der Waals surface area (Å²) in [6.45, 7) is 2.94. The van der Waals surface area contributed by atoms with Crippen LogP contribution in [-0.4, -0.2) is 62.0 Å². The second-order valence-corrected chi connectivity index (χ2v) is 9.44. The molecule has 2 saturated heterocycles. The Morgan fingerprint density at radius 1 is 1.03 bits per heavy atom. The molecule has 10 nitrogen and oxygen atoms in total. The standard InChI is InChI=1S/C20H25N5O5S/c26-25(27)17-5-6-18(19(14-17)31(28,29)24-10-12-30-13-11-24)22-16-4-7-20(21-15-16)23-8-2-1-3-9-23/h4-7,14-15,22H,1-3,8-13H2. The molecule has 1 aromatic carbocycles. The van der Waals surface area contributed by atoms with E-state index in [1.807, 2.05) is 12.1 Å². The van der Waals surface area contributed by atoms with E-state index in [1.54, 1.807) is 6.20 Å². The van der Waals surface area contributed by atoms with Gasteiger partial charge in [-0.3, -0.25) is 10.1 Å². The quantitative estimate of drug-likeness (QED) is 0.530. The average molecular weight is 448 g/mol. The summed E-state index contributed by atoms with van der Waals surface area (Å²) in [6, 6.07) is 7.54. The first-order chi connectivity index (χ1) is 14.9. The van der Waals surface area contributed by atoms with Crippen molar-refractivity contribution in [2.24, 2.45) is 0 Å². The topological polar surface area (TPSA) is 118 Å². The van der Waals surface area contributed by atoms with Crippen molar-refractivity contribution in [1.29, 1.82) is 0 Å². The summed E-state index contributed by atoms with van der Waals surface area (Å²) in [7, 11) is -3.94. The van der Waals surface area contributed by atoms with Crippen molar-refractivity contribution in [3.63, 3.8) is 0 Å². The number of nitro groups is 1. The number of morpholine rings is 1. The SMILES string of the molecule is O=[N+]([O-])c1ccc(Nc2ccc(N3CCCCC3)nc2)c(S(=O)(=O)N2CCOCC2)c1. The van der Waals surface area contributed by atoms with Gasteiger partial charge in [-0.15, -0.1) is 0 Å². The molecule has 0 saturated carbocycles. The largest absolute Gasteiger partial charge is 0.379 e. The van der Waals surface area contributed by atoms with E-state index in [-0.39, 0.29) is 29.4 Å². The molecule has 1 N–H and O–H groups in total. The first kappa shape index (κ1) is 21.5. The number of ether oxygens (including phenoxy) is 1. The van der Waals surface area contributed by atoms with Crippen molar-refractivity contribution in [2.75, 3.05) is 49.6 Å². The molecule has 2 aliphatic heterocycles. The second kappa shape index (κ2) is 9.16. The summed E-state index contributed by atoms with van der Waals surface area (Å²) in [5.74, 6) is 0.884. The summed E-state index contributed by atoms with van der Waals surface area (Å²) in [6.07, 6.45) is 5.17. The summed E-state index contributed by atoms with van der Waals surface area (Å²) >= 11 is 0. The molecule has 1 aromatic heterocycles. The van der Waals surface area contributed by atoms with Crippen LogP contribution in [0.4, 0.5) is 22.9 Å². The maximum Gasteiger partial charge on any atom is 0.270 e. The molecule has 4 rings (SSSR count). The van der Waals surface area contributed by atoms with E-state index >= 15 is 0 Å². The zero-order valence-corrected chi connectivity index (χ0v) is 17.9. The highest BCUT2D eigenvalue weighted by molar-refractivity contribution is 7.89. The minimum atomic E-state index is -3.94. The summed E-state index contributed by atoms with van der Waals surface area (Å²) in [4.78, 5) is 17.3. The van der Waals surface area contributed by atoms with Gasteiger partial charge in [0.15, 0.2) is 0 Å². The van der Waals surface area contributed by atoms with E-state index < -0.39 is 14.9 Å². The minimum Gasteiger partial charge on any atom is -0.379 e. The molecule has 0 aliphatic carbocycles. The second-order valence-electron chi connectivity index (χ2n) is 7.53. The molecule has 0 atom stereocenters. The molecule has 31 heavy (non-hydrogen) atoms. The predicted molar refractivity (Wildman–Crippen MR) is 116 cm³/mol. The predicted octanol–water partition coefficient (Wildman–Crippen LogP) is 2.74. The molecular formula is C20H25N5O5S. The molecule has 166 valence electrons. The van der Waals surface area contributed by atoms with Crippen LogP contribution in [0.3, 0.4) is 0 Å². The van der Waals surface area contributed by atoms with Crippen LogP contribution in [0.15, 0.2) is 41.4 Å². The molecule has 0 spiro atoms. The Kier molecular flexibility index (Phi) is 6.35. The van der Waals surface area contributed by atoms with E-state index in [9.17, 15) is 18.5 Å². The molecule has 0 amide bonds. The van der Waals surface area contributed by atoms with Crippen LogP contribution in [-0.2, 0) is 14.8 Å². The van der Waals surface area contributed by atoms with Gasteiger partial charge in [-0.05, 0) is 37.5 Å². The third kappa shape index (κ3) is 4.78. The summed E-state index contributed by atoms with van der Waals surface area (Å²) < 4.78 is 33.0. The Morgan fingerprint density at radius 2 is 1.77 bits per heavy atom. The van der Waals surface area contributed by atoms with Crippen LogP contribution in [0.25, 0.3) is 0 Å². The number of nitro benzene ring substituents is 1. The van der Waals surface area contributed by atoms with E-state index in [4.69, 9.17) is 4.74 Å². The van der Waals surface area contributed by atoms with Gasteiger partial charge < -0.3 is 15.0 Å². The molecule has 0 radical (unpaired) electrons.